The topological polar surface area (TPSA) is 27.1 Å². The Morgan fingerprint density at radius 3 is 2.81 bits per heavy atom. The highest BCUT2D eigenvalue weighted by atomic mass is 35.5. The van der Waals surface area contributed by atoms with Crippen molar-refractivity contribution in [3.63, 3.8) is 0 Å². The number of alkyl halides is 1. The summed E-state index contributed by atoms with van der Waals surface area (Å²) in [6, 6.07) is 4.75. The zero-order valence-electron chi connectivity index (χ0n) is 12.8. The quantitative estimate of drug-likeness (QED) is 0.722. The molecule has 5 heteroatoms. The molecule has 0 spiro atoms. The molecule has 0 aliphatic carbocycles. The van der Waals surface area contributed by atoms with Crippen molar-refractivity contribution in [2.24, 2.45) is 5.41 Å². The molecular weight excluding hydrogens is 291 g/mol. The number of rotatable bonds is 7. The van der Waals surface area contributed by atoms with Crippen LogP contribution in [-0.2, 0) is 17.7 Å². The Morgan fingerprint density at radius 2 is 2.14 bits per heavy atom. The predicted octanol–water partition coefficient (Wildman–Crippen LogP) is 4.02. The van der Waals surface area contributed by atoms with E-state index in [-0.39, 0.29) is 11.2 Å². The molecule has 0 N–H and O–H groups in total. The first-order chi connectivity index (χ1) is 9.96. The van der Waals surface area contributed by atoms with Gasteiger partial charge < -0.3 is 9.30 Å². The van der Waals surface area contributed by atoms with Gasteiger partial charge in [0.15, 0.2) is 0 Å². The number of aryl methyl sites for hydroxylation is 1. The third-order valence-electron chi connectivity index (χ3n) is 3.68. The van der Waals surface area contributed by atoms with Crippen LogP contribution in [0, 0.1) is 11.2 Å². The minimum Gasteiger partial charge on any atom is -0.385 e. The number of ether oxygens (including phenoxy) is 1. The number of nitrogens with zero attached hydrogens (tertiary/aromatic N) is 2. The average Bonchev–Trinajstić information content (AvgIpc) is 2.73. The first-order valence-electron chi connectivity index (χ1n) is 7.16. The molecule has 0 radical (unpaired) electrons. The zero-order valence-corrected chi connectivity index (χ0v) is 13.6. The number of fused-ring (bicyclic) bond motifs is 1. The first-order valence-corrected chi connectivity index (χ1v) is 7.70. The fraction of sp³-hybridized carbons (Fsp3) is 0.562. The number of imidazole rings is 1. The summed E-state index contributed by atoms with van der Waals surface area (Å²) in [6.45, 7) is 5.93. The van der Waals surface area contributed by atoms with Gasteiger partial charge in [-0.2, -0.15) is 0 Å². The van der Waals surface area contributed by atoms with Crippen LogP contribution in [0.25, 0.3) is 11.0 Å². The maximum Gasteiger partial charge on any atom is 0.125 e. The Hall–Kier alpha value is -1.13. The lowest BCUT2D eigenvalue weighted by Crippen LogP contribution is -2.23. The van der Waals surface area contributed by atoms with Gasteiger partial charge in [0.25, 0.3) is 0 Å². The fourth-order valence-electron chi connectivity index (χ4n) is 2.49. The Bertz CT molecular complexity index is 610. The van der Waals surface area contributed by atoms with Gasteiger partial charge in [0.2, 0.25) is 0 Å². The smallest absolute Gasteiger partial charge is 0.125 e. The molecule has 2 aromatic rings. The lowest BCUT2D eigenvalue weighted by atomic mass is 9.89. The van der Waals surface area contributed by atoms with Gasteiger partial charge in [-0.05, 0) is 24.0 Å². The van der Waals surface area contributed by atoms with Crippen LogP contribution in [0.2, 0.25) is 0 Å². The number of aromatic nitrogens is 2. The van der Waals surface area contributed by atoms with Gasteiger partial charge in [0.1, 0.15) is 11.6 Å². The molecular formula is C16H22ClFN2O. The predicted molar refractivity (Wildman–Crippen MR) is 84.4 cm³/mol. The second-order valence-electron chi connectivity index (χ2n) is 6.09. The van der Waals surface area contributed by atoms with Crippen LogP contribution in [0.1, 0.15) is 26.1 Å². The van der Waals surface area contributed by atoms with E-state index in [1.165, 1.54) is 12.1 Å². The van der Waals surface area contributed by atoms with Gasteiger partial charge in [-0.15, -0.1) is 11.6 Å². The summed E-state index contributed by atoms with van der Waals surface area (Å²) in [4.78, 5) is 4.53. The van der Waals surface area contributed by atoms with Gasteiger partial charge in [-0.25, -0.2) is 9.37 Å². The Kier molecular flexibility index (Phi) is 5.22. The van der Waals surface area contributed by atoms with Crippen LogP contribution in [0.4, 0.5) is 4.39 Å². The van der Waals surface area contributed by atoms with Crippen LogP contribution in [0.3, 0.4) is 0 Å². The van der Waals surface area contributed by atoms with Crippen LogP contribution >= 0.6 is 11.6 Å². The highest BCUT2D eigenvalue weighted by molar-refractivity contribution is 6.17. The minimum atomic E-state index is -0.261. The SMILES string of the molecule is COCCC(C)(C)Cn1c(CCCl)nc2cc(F)ccc21. The van der Waals surface area contributed by atoms with Crippen LogP contribution in [0.15, 0.2) is 18.2 Å². The third-order valence-corrected chi connectivity index (χ3v) is 3.87. The van der Waals surface area contributed by atoms with E-state index in [0.717, 1.165) is 30.9 Å². The zero-order chi connectivity index (χ0) is 15.5. The van der Waals surface area contributed by atoms with Gasteiger partial charge in [-0.3, -0.25) is 0 Å². The molecule has 0 saturated heterocycles. The van der Waals surface area contributed by atoms with Crippen LogP contribution in [0.5, 0.6) is 0 Å². The van der Waals surface area contributed by atoms with E-state index < -0.39 is 0 Å². The molecule has 0 fully saturated rings. The highest BCUT2D eigenvalue weighted by Gasteiger charge is 2.22. The molecule has 21 heavy (non-hydrogen) atoms. The normalized spacial score (nSPS) is 12.2. The van der Waals surface area contributed by atoms with Gasteiger partial charge in [0, 0.05) is 38.6 Å². The lowest BCUT2D eigenvalue weighted by molar-refractivity contribution is 0.142. The van der Waals surface area contributed by atoms with E-state index >= 15 is 0 Å². The van der Waals surface area contributed by atoms with Crippen molar-refractivity contribution in [2.75, 3.05) is 19.6 Å². The minimum absolute atomic E-state index is 0.0685. The Morgan fingerprint density at radius 1 is 1.38 bits per heavy atom. The van der Waals surface area contributed by atoms with E-state index in [0.29, 0.717) is 17.8 Å². The summed E-state index contributed by atoms with van der Waals surface area (Å²) in [7, 11) is 1.71. The first kappa shape index (κ1) is 16.2. The van der Waals surface area contributed by atoms with E-state index in [4.69, 9.17) is 16.3 Å². The van der Waals surface area contributed by atoms with Gasteiger partial charge in [0.05, 0.1) is 11.0 Å². The summed E-state index contributed by atoms with van der Waals surface area (Å²) in [5, 5.41) is 0. The number of methoxy groups -OCH3 is 1. The number of halogens is 2. The highest BCUT2D eigenvalue weighted by Crippen LogP contribution is 2.27. The molecule has 0 aliphatic heterocycles. The molecule has 2 rings (SSSR count). The molecule has 1 aromatic carbocycles. The third kappa shape index (κ3) is 3.95. The summed E-state index contributed by atoms with van der Waals surface area (Å²) < 4.78 is 20.7. The largest absolute Gasteiger partial charge is 0.385 e. The lowest BCUT2D eigenvalue weighted by Gasteiger charge is -2.26. The van der Waals surface area contributed by atoms with Crippen molar-refractivity contribution in [3.05, 3.63) is 29.8 Å². The monoisotopic (exact) mass is 312 g/mol. The van der Waals surface area contributed by atoms with Gasteiger partial charge in [-0.1, -0.05) is 13.8 Å². The molecule has 0 amide bonds. The maximum atomic E-state index is 13.4. The molecule has 1 heterocycles. The van der Waals surface area contributed by atoms with Crippen molar-refractivity contribution in [3.8, 4) is 0 Å². The summed E-state index contributed by atoms with van der Waals surface area (Å²) in [5.74, 6) is 1.16. The molecule has 0 saturated carbocycles. The number of hydrogen-bond acceptors (Lipinski definition) is 2. The maximum absolute atomic E-state index is 13.4. The fourth-order valence-corrected chi connectivity index (χ4v) is 2.66. The summed E-state index contributed by atoms with van der Waals surface area (Å²) >= 11 is 5.87. The van der Waals surface area contributed by atoms with Crippen molar-refractivity contribution in [1.29, 1.82) is 0 Å². The molecule has 0 unspecified atom stereocenters. The van der Waals surface area contributed by atoms with Crippen LogP contribution in [-0.4, -0.2) is 29.1 Å². The summed E-state index contributed by atoms with van der Waals surface area (Å²) in [6.07, 6.45) is 1.63. The van der Waals surface area contributed by atoms with E-state index in [9.17, 15) is 4.39 Å². The van der Waals surface area contributed by atoms with Crippen LogP contribution < -0.4 is 0 Å². The number of hydrogen-bond donors (Lipinski definition) is 0. The molecule has 0 aliphatic rings. The summed E-state index contributed by atoms with van der Waals surface area (Å²) in [5.41, 5.74) is 1.72. The average molecular weight is 313 g/mol. The van der Waals surface area contributed by atoms with Crippen molar-refractivity contribution >= 4 is 22.6 Å². The molecule has 1 aromatic heterocycles. The van der Waals surface area contributed by atoms with E-state index in [1.54, 1.807) is 13.2 Å². The second kappa shape index (κ2) is 6.75. The molecule has 0 atom stereocenters. The van der Waals surface area contributed by atoms with Crippen molar-refractivity contribution in [1.82, 2.24) is 9.55 Å². The van der Waals surface area contributed by atoms with Crippen molar-refractivity contribution in [2.45, 2.75) is 33.2 Å². The standard InChI is InChI=1S/C16H22ClFN2O/c1-16(2,7-9-21-3)11-20-14-5-4-12(18)10-13(14)19-15(20)6-8-17/h4-5,10H,6-9,11H2,1-3H3. The van der Waals surface area contributed by atoms with Gasteiger partial charge >= 0.3 is 0 Å². The van der Waals surface area contributed by atoms with E-state index in [1.807, 2.05) is 0 Å². The number of benzene rings is 1. The molecule has 3 nitrogen and oxygen atoms in total. The second-order valence-corrected chi connectivity index (χ2v) is 6.47. The van der Waals surface area contributed by atoms with Crippen molar-refractivity contribution < 1.29 is 9.13 Å². The molecule has 0 bridgehead atoms. The Balaban J connectivity index is 2.38. The Labute approximate surface area is 130 Å². The molecule has 116 valence electrons. The van der Waals surface area contributed by atoms with E-state index in [2.05, 4.69) is 23.4 Å².